The first-order chi connectivity index (χ1) is 15.6. The Bertz CT molecular complexity index is 1330. The van der Waals surface area contributed by atoms with Crippen molar-refractivity contribution < 1.29 is 9.59 Å². The van der Waals surface area contributed by atoms with Crippen LogP contribution in [0.1, 0.15) is 21.7 Å². The predicted octanol–water partition coefficient (Wildman–Crippen LogP) is 4.27. The van der Waals surface area contributed by atoms with E-state index in [1.165, 1.54) is 0 Å². The van der Waals surface area contributed by atoms with Crippen molar-refractivity contribution in [1.29, 1.82) is 0 Å². The third kappa shape index (κ3) is 3.47. The van der Waals surface area contributed by atoms with E-state index in [4.69, 9.17) is 0 Å². The van der Waals surface area contributed by atoms with Crippen molar-refractivity contribution in [3.05, 3.63) is 101 Å². The number of amides is 2. The Morgan fingerprint density at radius 2 is 1.78 bits per heavy atom. The molecule has 1 atom stereocenters. The Kier molecular flexibility index (Phi) is 4.87. The summed E-state index contributed by atoms with van der Waals surface area (Å²) in [5, 5.41) is 18.9. The maximum absolute atomic E-state index is 12.8. The number of rotatable bonds is 4. The van der Waals surface area contributed by atoms with E-state index < -0.39 is 5.92 Å². The Labute approximate surface area is 183 Å². The molecule has 1 aromatic heterocycles. The van der Waals surface area contributed by atoms with Crippen molar-refractivity contribution in [1.82, 2.24) is 15.0 Å². The smallest absolute Gasteiger partial charge is 0.278 e. The van der Waals surface area contributed by atoms with E-state index in [1.807, 2.05) is 66.8 Å². The van der Waals surface area contributed by atoms with Gasteiger partial charge in [0.25, 0.3) is 11.8 Å². The zero-order valence-corrected chi connectivity index (χ0v) is 17.1. The SMILES string of the molecule is Cc1c(C(=O)Nc2ccc(C3=C4C=CC=CC4C(=O)N=N3)cc2)nnn1-c1ccccc1. The van der Waals surface area contributed by atoms with E-state index in [9.17, 15) is 9.59 Å². The van der Waals surface area contributed by atoms with E-state index >= 15 is 0 Å². The summed E-state index contributed by atoms with van der Waals surface area (Å²) in [6, 6.07) is 16.7. The van der Waals surface area contributed by atoms with Gasteiger partial charge in [0.15, 0.2) is 5.69 Å². The molecule has 0 saturated carbocycles. The zero-order chi connectivity index (χ0) is 22.1. The first kappa shape index (κ1) is 19.5. The maximum atomic E-state index is 12.8. The summed E-state index contributed by atoms with van der Waals surface area (Å²) >= 11 is 0. The van der Waals surface area contributed by atoms with Crippen LogP contribution in [0, 0.1) is 12.8 Å². The van der Waals surface area contributed by atoms with Gasteiger partial charge in [-0.05, 0) is 36.8 Å². The lowest BCUT2D eigenvalue weighted by molar-refractivity contribution is -0.119. The van der Waals surface area contributed by atoms with Crippen molar-refractivity contribution >= 4 is 23.2 Å². The van der Waals surface area contributed by atoms with Crippen LogP contribution in [0.2, 0.25) is 0 Å². The highest BCUT2D eigenvalue weighted by molar-refractivity contribution is 6.03. The number of carbonyl (C=O) groups excluding carboxylic acids is 2. The second kappa shape index (κ2) is 7.99. The topological polar surface area (TPSA) is 102 Å². The molecule has 0 bridgehead atoms. The normalized spacial score (nSPS) is 16.9. The molecule has 32 heavy (non-hydrogen) atoms. The number of hydrogen-bond donors (Lipinski definition) is 1. The highest BCUT2D eigenvalue weighted by Gasteiger charge is 2.27. The molecular weight excluding hydrogens is 404 g/mol. The number of aromatic nitrogens is 3. The molecule has 5 rings (SSSR count). The molecule has 2 heterocycles. The number of benzene rings is 2. The molecule has 2 amide bonds. The minimum Gasteiger partial charge on any atom is -0.321 e. The van der Waals surface area contributed by atoms with Crippen molar-refractivity contribution in [2.24, 2.45) is 16.1 Å². The van der Waals surface area contributed by atoms with Gasteiger partial charge in [0.05, 0.1) is 23.0 Å². The Hall–Kier alpha value is -4.46. The first-order valence-electron chi connectivity index (χ1n) is 10.1. The molecule has 8 nitrogen and oxygen atoms in total. The summed E-state index contributed by atoms with van der Waals surface area (Å²) in [5.41, 5.74) is 4.62. The van der Waals surface area contributed by atoms with Crippen LogP contribution in [0.5, 0.6) is 0 Å². The van der Waals surface area contributed by atoms with Gasteiger partial charge < -0.3 is 5.32 Å². The van der Waals surface area contributed by atoms with Gasteiger partial charge in [-0.1, -0.05) is 59.8 Å². The molecule has 8 heteroatoms. The van der Waals surface area contributed by atoms with Crippen LogP contribution >= 0.6 is 0 Å². The van der Waals surface area contributed by atoms with E-state index in [-0.39, 0.29) is 17.5 Å². The van der Waals surface area contributed by atoms with Gasteiger partial charge in [0, 0.05) is 11.3 Å². The second-order valence-corrected chi connectivity index (χ2v) is 7.37. The molecule has 1 aliphatic heterocycles. The maximum Gasteiger partial charge on any atom is 0.278 e. The molecule has 0 spiro atoms. The van der Waals surface area contributed by atoms with E-state index in [1.54, 1.807) is 23.7 Å². The van der Waals surface area contributed by atoms with Crippen LogP contribution in [0.4, 0.5) is 5.69 Å². The third-order valence-corrected chi connectivity index (χ3v) is 5.34. The predicted molar refractivity (Wildman–Crippen MR) is 119 cm³/mol. The molecule has 156 valence electrons. The van der Waals surface area contributed by atoms with Crippen LogP contribution in [0.15, 0.2) is 94.7 Å². The van der Waals surface area contributed by atoms with Crippen molar-refractivity contribution in [3.63, 3.8) is 0 Å². The van der Waals surface area contributed by atoms with Crippen LogP contribution in [0.3, 0.4) is 0 Å². The van der Waals surface area contributed by atoms with E-state index in [2.05, 4.69) is 25.9 Å². The Balaban J connectivity index is 1.36. The van der Waals surface area contributed by atoms with Gasteiger partial charge in [-0.3, -0.25) is 9.59 Å². The minimum absolute atomic E-state index is 0.254. The highest BCUT2D eigenvalue weighted by atomic mass is 16.2. The van der Waals surface area contributed by atoms with Crippen LogP contribution < -0.4 is 5.32 Å². The standard InChI is InChI=1S/C24H18N6O2/c1-15-21(27-29-30(15)18-7-3-2-4-8-18)24(32)25-17-13-11-16(12-14-17)22-19-9-5-6-10-20(19)23(31)28-26-22/h2-14,20H,1H3,(H,25,32). The lowest BCUT2D eigenvalue weighted by atomic mass is 9.89. The number of azo groups is 1. The number of hydrogen-bond acceptors (Lipinski definition) is 5. The number of carbonyl (C=O) groups is 2. The average molecular weight is 422 g/mol. The summed E-state index contributed by atoms with van der Waals surface area (Å²) in [6.07, 6.45) is 7.40. The molecular formula is C24H18N6O2. The van der Waals surface area contributed by atoms with Crippen molar-refractivity contribution in [2.45, 2.75) is 6.92 Å². The molecule has 0 saturated heterocycles. The Morgan fingerprint density at radius 3 is 2.56 bits per heavy atom. The zero-order valence-electron chi connectivity index (χ0n) is 17.1. The van der Waals surface area contributed by atoms with E-state index in [0.29, 0.717) is 17.1 Å². The second-order valence-electron chi connectivity index (χ2n) is 7.37. The van der Waals surface area contributed by atoms with Crippen molar-refractivity contribution in [3.8, 4) is 5.69 Å². The average Bonchev–Trinajstić information content (AvgIpc) is 3.22. The van der Waals surface area contributed by atoms with Gasteiger partial charge >= 0.3 is 0 Å². The fraction of sp³-hybridized carbons (Fsp3) is 0.0833. The fourth-order valence-corrected chi connectivity index (χ4v) is 3.68. The van der Waals surface area contributed by atoms with Crippen molar-refractivity contribution in [2.75, 3.05) is 5.32 Å². The minimum atomic E-state index is -0.401. The molecule has 1 N–H and O–H groups in total. The largest absolute Gasteiger partial charge is 0.321 e. The lowest BCUT2D eigenvalue weighted by Gasteiger charge is -2.19. The van der Waals surface area contributed by atoms with E-state index in [0.717, 1.165) is 16.8 Å². The highest BCUT2D eigenvalue weighted by Crippen LogP contribution is 2.34. The van der Waals surface area contributed by atoms with Gasteiger partial charge in [-0.25, -0.2) is 4.68 Å². The molecule has 1 aliphatic carbocycles. The van der Waals surface area contributed by atoms with Crippen LogP contribution in [-0.4, -0.2) is 26.8 Å². The summed E-state index contributed by atoms with van der Waals surface area (Å²) in [6.45, 7) is 1.80. The first-order valence-corrected chi connectivity index (χ1v) is 10.1. The molecule has 1 unspecified atom stereocenters. The molecule has 2 aromatic carbocycles. The number of para-hydroxylation sites is 1. The van der Waals surface area contributed by atoms with Crippen LogP contribution in [0.25, 0.3) is 11.4 Å². The molecule has 0 fully saturated rings. The lowest BCUT2D eigenvalue weighted by Crippen LogP contribution is -2.17. The summed E-state index contributed by atoms with van der Waals surface area (Å²) in [4.78, 5) is 24.8. The van der Waals surface area contributed by atoms with Gasteiger partial charge in [-0.2, -0.15) is 0 Å². The molecule has 2 aliphatic rings. The van der Waals surface area contributed by atoms with Gasteiger partial charge in [0.1, 0.15) is 0 Å². The molecule has 3 aromatic rings. The van der Waals surface area contributed by atoms with Crippen LogP contribution in [-0.2, 0) is 4.79 Å². The van der Waals surface area contributed by atoms with Gasteiger partial charge in [-0.15, -0.1) is 15.3 Å². The number of fused-ring (bicyclic) bond motifs is 1. The Morgan fingerprint density at radius 1 is 1.00 bits per heavy atom. The quantitative estimate of drug-likeness (QED) is 0.678. The summed E-state index contributed by atoms with van der Waals surface area (Å²) in [7, 11) is 0. The van der Waals surface area contributed by atoms with Gasteiger partial charge in [0.2, 0.25) is 0 Å². The number of nitrogens with one attached hydrogen (secondary N) is 1. The number of allylic oxidation sites excluding steroid dienone is 3. The third-order valence-electron chi connectivity index (χ3n) is 5.34. The number of nitrogens with zero attached hydrogens (tertiary/aromatic N) is 5. The number of anilines is 1. The fourth-order valence-electron chi connectivity index (χ4n) is 3.68. The molecule has 0 radical (unpaired) electrons. The monoisotopic (exact) mass is 422 g/mol. The summed E-state index contributed by atoms with van der Waals surface area (Å²) < 4.78 is 1.63. The summed E-state index contributed by atoms with van der Waals surface area (Å²) in [5.74, 6) is -1.02.